The molecular weight excluding hydrogens is 397 g/mol. The number of sulfone groups is 1. The highest BCUT2D eigenvalue weighted by molar-refractivity contribution is 7.93. The van der Waals surface area contributed by atoms with Crippen LogP contribution in [0.25, 0.3) is 21.3 Å². The number of nitriles is 1. The average molecular weight is 409 g/mol. The van der Waals surface area contributed by atoms with Gasteiger partial charge in [0.05, 0.1) is 16.5 Å². The van der Waals surface area contributed by atoms with E-state index in [-0.39, 0.29) is 20.5 Å². The standard InChI is InChI=1S/C20H12FN3O2S2/c21-14-6-4-13(5-7-14)18-16-8-9-17(23)24-19(16)27-20(18)28(25,26)15-3-1-2-12(10-15)11-22/h1-10H,(H2,23,24). The maximum atomic E-state index is 13.4. The first-order valence-electron chi connectivity index (χ1n) is 8.10. The molecule has 0 unspecified atom stereocenters. The summed E-state index contributed by atoms with van der Waals surface area (Å²) in [4.78, 5) is 4.72. The van der Waals surface area contributed by atoms with Gasteiger partial charge in [0.1, 0.15) is 20.7 Å². The second kappa shape index (κ2) is 6.71. The Morgan fingerprint density at radius 3 is 2.54 bits per heavy atom. The summed E-state index contributed by atoms with van der Waals surface area (Å²) in [5, 5.41) is 9.71. The van der Waals surface area contributed by atoms with Crippen LogP contribution in [0.15, 0.2) is 69.8 Å². The summed E-state index contributed by atoms with van der Waals surface area (Å²) in [5.41, 5.74) is 6.99. The molecular formula is C20H12FN3O2S2. The molecule has 28 heavy (non-hydrogen) atoms. The lowest BCUT2D eigenvalue weighted by Crippen LogP contribution is -2.01. The maximum absolute atomic E-state index is 13.4. The molecule has 8 heteroatoms. The number of hydrogen-bond acceptors (Lipinski definition) is 6. The number of nitrogens with zero attached hydrogens (tertiary/aromatic N) is 2. The Balaban J connectivity index is 2.04. The summed E-state index contributed by atoms with van der Waals surface area (Å²) in [6, 6.07) is 16.7. The fourth-order valence-corrected chi connectivity index (χ4v) is 6.04. The molecule has 0 saturated heterocycles. The molecule has 0 amide bonds. The zero-order valence-electron chi connectivity index (χ0n) is 14.3. The van der Waals surface area contributed by atoms with Crippen LogP contribution >= 0.6 is 11.3 Å². The van der Waals surface area contributed by atoms with Crippen LogP contribution in [0.2, 0.25) is 0 Å². The molecule has 0 bridgehead atoms. The maximum Gasteiger partial charge on any atom is 0.216 e. The minimum absolute atomic E-state index is 0.00874. The zero-order valence-corrected chi connectivity index (χ0v) is 15.9. The predicted molar refractivity (Wildman–Crippen MR) is 106 cm³/mol. The third-order valence-electron chi connectivity index (χ3n) is 4.20. The van der Waals surface area contributed by atoms with E-state index in [1.807, 2.05) is 6.07 Å². The van der Waals surface area contributed by atoms with E-state index in [2.05, 4.69) is 4.98 Å². The van der Waals surface area contributed by atoms with Crippen molar-refractivity contribution in [1.29, 1.82) is 5.26 Å². The molecule has 0 saturated carbocycles. The minimum Gasteiger partial charge on any atom is -0.384 e. The van der Waals surface area contributed by atoms with Gasteiger partial charge < -0.3 is 5.73 Å². The SMILES string of the molecule is N#Cc1cccc(S(=O)(=O)c2sc3nc(N)ccc3c2-c2ccc(F)cc2)c1. The number of rotatable bonds is 3. The number of aromatic nitrogens is 1. The van der Waals surface area contributed by atoms with Gasteiger partial charge in [0.2, 0.25) is 9.84 Å². The predicted octanol–water partition coefficient (Wildman–Crippen LogP) is 4.39. The van der Waals surface area contributed by atoms with Gasteiger partial charge in [-0.2, -0.15) is 5.26 Å². The first kappa shape index (κ1) is 18.1. The molecule has 138 valence electrons. The van der Waals surface area contributed by atoms with E-state index in [0.717, 1.165) is 11.3 Å². The summed E-state index contributed by atoms with van der Waals surface area (Å²) in [6.45, 7) is 0. The van der Waals surface area contributed by atoms with E-state index >= 15 is 0 Å². The number of thiophene rings is 1. The third-order valence-corrected chi connectivity index (χ3v) is 7.56. The van der Waals surface area contributed by atoms with Crippen LogP contribution in [-0.2, 0) is 9.84 Å². The molecule has 0 spiro atoms. The Morgan fingerprint density at radius 2 is 1.82 bits per heavy atom. The van der Waals surface area contributed by atoms with Crippen LogP contribution in [-0.4, -0.2) is 13.4 Å². The van der Waals surface area contributed by atoms with Gasteiger partial charge in [-0.3, -0.25) is 0 Å². The third kappa shape index (κ3) is 3.01. The fourth-order valence-electron chi connectivity index (χ4n) is 2.89. The molecule has 2 heterocycles. The summed E-state index contributed by atoms with van der Waals surface area (Å²) in [7, 11) is -3.94. The van der Waals surface area contributed by atoms with Gasteiger partial charge in [-0.1, -0.05) is 18.2 Å². The summed E-state index contributed by atoms with van der Waals surface area (Å²) in [5.74, 6) is -0.147. The molecule has 0 aliphatic carbocycles. The molecule has 0 radical (unpaired) electrons. The minimum atomic E-state index is -3.94. The fraction of sp³-hybridized carbons (Fsp3) is 0. The Hall–Kier alpha value is -3.28. The highest BCUT2D eigenvalue weighted by Gasteiger charge is 2.27. The summed E-state index contributed by atoms with van der Waals surface area (Å²) in [6.07, 6.45) is 0. The largest absolute Gasteiger partial charge is 0.384 e. The zero-order chi connectivity index (χ0) is 19.9. The first-order chi connectivity index (χ1) is 13.4. The van der Waals surface area contributed by atoms with Gasteiger partial charge in [0.25, 0.3) is 0 Å². The number of fused-ring (bicyclic) bond motifs is 1. The number of hydrogen-bond donors (Lipinski definition) is 1. The van der Waals surface area contributed by atoms with Gasteiger partial charge in [-0.15, -0.1) is 11.3 Å². The van der Waals surface area contributed by atoms with Crippen molar-refractivity contribution >= 4 is 37.2 Å². The Labute approximate surface area is 164 Å². The molecule has 0 atom stereocenters. The Kier molecular flexibility index (Phi) is 4.34. The van der Waals surface area contributed by atoms with E-state index in [1.54, 1.807) is 12.1 Å². The average Bonchev–Trinajstić information content (AvgIpc) is 3.08. The van der Waals surface area contributed by atoms with Crippen molar-refractivity contribution in [1.82, 2.24) is 4.98 Å². The van der Waals surface area contributed by atoms with Gasteiger partial charge in [-0.05, 0) is 48.0 Å². The number of pyridine rings is 1. The van der Waals surface area contributed by atoms with Crippen LogP contribution in [0.5, 0.6) is 0 Å². The molecule has 4 rings (SSSR count). The topological polar surface area (TPSA) is 96.8 Å². The van der Waals surface area contributed by atoms with E-state index in [9.17, 15) is 12.8 Å². The van der Waals surface area contributed by atoms with E-state index in [0.29, 0.717) is 21.3 Å². The van der Waals surface area contributed by atoms with Gasteiger partial charge >= 0.3 is 0 Å². The quantitative estimate of drug-likeness (QED) is 0.541. The lowest BCUT2D eigenvalue weighted by molar-refractivity contribution is 0.598. The number of halogens is 1. The number of nitrogen functional groups attached to an aromatic ring is 1. The molecule has 5 nitrogen and oxygen atoms in total. The monoisotopic (exact) mass is 409 g/mol. The molecule has 0 fully saturated rings. The lowest BCUT2D eigenvalue weighted by atomic mass is 10.1. The van der Waals surface area contributed by atoms with Crippen LogP contribution in [0, 0.1) is 17.1 Å². The smallest absolute Gasteiger partial charge is 0.216 e. The second-order valence-corrected chi connectivity index (χ2v) is 9.15. The molecule has 2 aromatic heterocycles. The van der Waals surface area contributed by atoms with Crippen LogP contribution in [0.3, 0.4) is 0 Å². The van der Waals surface area contributed by atoms with Crippen molar-refractivity contribution in [2.24, 2.45) is 0 Å². The highest BCUT2D eigenvalue weighted by Crippen LogP contribution is 2.43. The Morgan fingerprint density at radius 1 is 1.07 bits per heavy atom. The Bertz CT molecular complexity index is 1350. The van der Waals surface area contributed by atoms with Crippen LogP contribution < -0.4 is 5.73 Å². The first-order valence-corrected chi connectivity index (χ1v) is 10.4. The van der Waals surface area contributed by atoms with Crippen LogP contribution in [0.4, 0.5) is 10.2 Å². The van der Waals surface area contributed by atoms with Crippen molar-refractivity contribution in [3.05, 3.63) is 72.0 Å². The van der Waals surface area contributed by atoms with E-state index < -0.39 is 15.7 Å². The van der Waals surface area contributed by atoms with Gasteiger partial charge in [-0.25, -0.2) is 17.8 Å². The number of benzene rings is 2. The van der Waals surface area contributed by atoms with Gasteiger partial charge in [0, 0.05) is 10.9 Å². The molecule has 2 N–H and O–H groups in total. The molecule has 4 aromatic rings. The summed E-state index contributed by atoms with van der Waals surface area (Å²) < 4.78 is 40.2. The highest BCUT2D eigenvalue weighted by atomic mass is 32.2. The summed E-state index contributed by atoms with van der Waals surface area (Å²) >= 11 is 0.997. The van der Waals surface area contributed by atoms with E-state index in [1.165, 1.54) is 48.5 Å². The van der Waals surface area contributed by atoms with Crippen LogP contribution in [0.1, 0.15) is 5.56 Å². The van der Waals surface area contributed by atoms with Crippen molar-refractivity contribution in [3.63, 3.8) is 0 Å². The molecule has 0 aliphatic rings. The van der Waals surface area contributed by atoms with Crippen molar-refractivity contribution in [2.75, 3.05) is 5.73 Å². The van der Waals surface area contributed by atoms with Crippen molar-refractivity contribution in [3.8, 4) is 17.2 Å². The number of nitrogens with two attached hydrogens (primary N) is 1. The van der Waals surface area contributed by atoms with Crippen molar-refractivity contribution < 1.29 is 12.8 Å². The molecule has 2 aromatic carbocycles. The van der Waals surface area contributed by atoms with E-state index in [4.69, 9.17) is 11.0 Å². The second-order valence-electron chi connectivity index (χ2n) is 6.00. The molecule has 0 aliphatic heterocycles. The van der Waals surface area contributed by atoms with Crippen molar-refractivity contribution in [2.45, 2.75) is 9.10 Å². The number of anilines is 1. The normalized spacial score (nSPS) is 11.4. The van der Waals surface area contributed by atoms with Gasteiger partial charge in [0.15, 0.2) is 0 Å². The lowest BCUT2D eigenvalue weighted by Gasteiger charge is -2.07.